The van der Waals surface area contributed by atoms with E-state index in [0.29, 0.717) is 19.1 Å². The van der Waals surface area contributed by atoms with E-state index in [0.717, 1.165) is 31.9 Å². The number of nitrogens with zero attached hydrogens (tertiary/aromatic N) is 1. The van der Waals surface area contributed by atoms with Gasteiger partial charge in [0.15, 0.2) is 0 Å². The van der Waals surface area contributed by atoms with Gasteiger partial charge in [-0.2, -0.15) is 0 Å². The number of aliphatic hydroxyl groups excluding tert-OH is 1. The second-order valence-corrected chi connectivity index (χ2v) is 5.14. The van der Waals surface area contributed by atoms with E-state index in [2.05, 4.69) is 0 Å². The van der Waals surface area contributed by atoms with Crippen LogP contribution in [0.2, 0.25) is 0 Å². The first-order valence-corrected chi connectivity index (χ1v) is 6.97. The number of ether oxygens (including phenoxy) is 1. The molecule has 1 aliphatic rings. The number of para-hydroxylation sites is 1. The summed E-state index contributed by atoms with van der Waals surface area (Å²) in [6.07, 6.45) is -0.462. The number of piperazine rings is 1. The molecule has 6 N–H and O–H groups in total. The monoisotopic (exact) mass is 280 g/mol. The summed E-state index contributed by atoms with van der Waals surface area (Å²) in [4.78, 5) is 1.35. The average Bonchev–Trinajstić information content (AvgIpc) is 2.47. The Bertz CT molecular complexity index is 436. The Morgan fingerprint density at radius 2 is 1.90 bits per heavy atom. The lowest BCUT2D eigenvalue weighted by Gasteiger charge is -2.26. The van der Waals surface area contributed by atoms with Crippen molar-refractivity contribution in [3.05, 3.63) is 30.3 Å². The molecule has 1 saturated heterocycles. The molecule has 0 aromatic heterocycles. The fourth-order valence-electron chi connectivity index (χ4n) is 2.39. The van der Waals surface area contributed by atoms with Crippen LogP contribution in [0.25, 0.3) is 0 Å². The lowest BCUT2D eigenvalue weighted by molar-refractivity contribution is -0.934. The Balaban J connectivity index is 1.70. The summed E-state index contributed by atoms with van der Waals surface area (Å²) >= 11 is 0. The number of hydrogen-bond donors (Lipinski definition) is 4. The molecule has 110 valence electrons. The molecule has 1 atom stereocenters. The van der Waals surface area contributed by atoms with E-state index in [1.807, 2.05) is 34.9 Å². The maximum Gasteiger partial charge on any atom is 0.341 e. The fourth-order valence-corrected chi connectivity index (χ4v) is 2.39. The van der Waals surface area contributed by atoms with Crippen LogP contribution >= 0.6 is 0 Å². The summed E-state index contributed by atoms with van der Waals surface area (Å²) < 4.78 is 7.52. The molecule has 6 heteroatoms. The van der Waals surface area contributed by atoms with Gasteiger partial charge in [0, 0.05) is 0 Å². The van der Waals surface area contributed by atoms with E-state index in [1.54, 1.807) is 0 Å². The molecule has 0 amide bonds. The largest absolute Gasteiger partial charge is 0.491 e. The number of guanidine groups is 1. The molecule has 2 rings (SSSR count). The van der Waals surface area contributed by atoms with Crippen LogP contribution in [0.4, 0.5) is 0 Å². The third-order valence-corrected chi connectivity index (χ3v) is 3.55. The van der Waals surface area contributed by atoms with Crippen LogP contribution in [0.1, 0.15) is 0 Å². The molecule has 1 aliphatic heterocycles. The van der Waals surface area contributed by atoms with E-state index in [-0.39, 0.29) is 0 Å². The number of quaternary nitrogens is 1. The second-order valence-electron chi connectivity index (χ2n) is 5.14. The smallest absolute Gasteiger partial charge is 0.341 e. The van der Waals surface area contributed by atoms with Gasteiger partial charge in [-0.25, -0.2) is 0 Å². The highest BCUT2D eigenvalue weighted by Crippen LogP contribution is 2.08. The lowest BCUT2D eigenvalue weighted by atomic mass is 10.3. The number of nitrogens with one attached hydrogen (secondary N) is 1. The van der Waals surface area contributed by atoms with Crippen LogP contribution in [-0.4, -0.2) is 61.1 Å². The van der Waals surface area contributed by atoms with Gasteiger partial charge in [0.25, 0.3) is 0 Å². The van der Waals surface area contributed by atoms with Gasteiger partial charge < -0.3 is 14.7 Å². The Kier molecular flexibility index (Phi) is 5.20. The minimum atomic E-state index is -0.462. The van der Waals surface area contributed by atoms with Crippen LogP contribution in [0, 0.1) is 0 Å². The van der Waals surface area contributed by atoms with Gasteiger partial charge in [-0.15, -0.1) is 0 Å². The summed E-state index contributed by atoms with van der Waals surface area (Å²) in [5.74, 6) is 1.17. The Morgan fingerprint density at radius 3 is 2.50 bits per heavy atom. The molecule has 1 aromatic carbocycles. The molecule has 1 fully saturated rings. The van der Waals surface area contributed by atoms with E-state index >= 15 is 0 Å². The zero-order valence-electron chi connectivity index (χ0n) is 11.7. The van der Waals surface area contributed by atoms with Crippen molar-refractivity contribution >= 4 is 5.96 Å². The zero-order valence-corrected chi connectivity index (χ0v) is 11.7. The van der Waals surface area contributed by atoms with Crippen molar-refractivity contribution < 1.29 is 19.3 Å². The summed E-state index contributed by atoms with van der Waals surface area (Å²) in [5.41, 5.74) is 11.1. The van der Waals surface area contributed by atoms with Crippen LogP contribution in [0.3, 0.4) is 0 Å². The SMILES string of the molecule is NC(N)=[N+]1CC[NH+](C[C@H](O)COc2ccccc2)CC1. The van der Waals surface area contributed by atoms with Gasteiger partial charge in [-0.05, 0) is 12.1 Å². The minimum Gasteiger partial charge on any atom is -0.491 e. The van der Waals surface area contributed by atoms with Gasteiger partial charge in [-0.1, -0.05) is 18.2 Å². The Morgan fingerprint density at radius 1 is 1.25 bits per heavy atom. The van der Waals surface area contributed by atoms with Gasteiger partial charge >= 0.3 is 5.96 Å². The highest BCUT2D eigenvalue weighted by Gasteiger charge is 2.22. The van der Waals surface area contributed by atoms with Gasteiger partial charge in [0.2, 0.25) is 0 Å². The van der Waals surface area contributed by atoms with E-state index in [9.17, 15) is 5.11 Å². The lowest BCUT2D eigenvalue weighted by Crippen LogP contribution is -3.15. The average molecular weight is 280 g/mol. The first kappa shape index (κ1) is 14.6. The molecular formula is C14H24N4O2+2. The maximum atomic E-state index is 10.0. The third-order valence-electron chi connectivity index (χ3n) is 3.55. The van der Waals surface area contributed by atoms with E-state index in [1.165, 1.54) is 4.90 Å². The molecule has 0 unspecified atom stereocenters. The Hall–Kier alpha value is -1.79. The summed E-state index contributed by atoms with van der Waals surface area (Å²) in [6.45, 7) is 4.54. The van der Waals surface area contributed by atoms with Crippen LogP contribution in [0.5, 0.6) is 5.75 Å². The van der Waals surface area contributed by atoms with E-state index in [4.69, 9.17) is 16.2 Å². The van der Waals surface area contributed by atoms with E-state index < -0.39 is 6.10 Å². The first-order chi connectivity index (χ1) is 9.65. The predicted molar refractivity (Wildman–Crippen MR) is 76.9 cm³/mol. The van der Waals surface area contributed by atoms with Crippen LogP contribution in [0.15, 0.2) is 30.3 Å². The predicted octanol–water partition coefficient (Wildman–Crippen LogP) is -2.39. The molecular weight excluding hydrogens is 256 g/mol. The molecule has 6 nitrogen and oxygen atoms in total. The molecule has 20 heavy (non-hydrogen) atoms. The molecule has 1 aromatic rings. The van der Waals surface area contributed by atoms with Crippen LogP contribution < -0.4 is 21.1 Å². The number of benzene rings is 1. The number of hydrogen-bond acceptors (Lipinski definition) is 2. The molecule has 0 saturated carbocycles. The minimum absolute atomic E-state index is 0.322. The van der Waals surface area contributed by atoms with Crippen LogP contribution in [-0.2, 0) is 0 Å². The van der Waals surface area contributed by atoms with Crippen molar-refractivity contribution in [3.63, 3.8) is 0 Å². The number of rotatable bonds is 5. The molecule has 0 aliphatic carbocycles. The standard InChI is InChI=1S/C14H22N4O2/c15-14(16)18-8-6-17(7-9-18)10-12(19)11-20-13-4-2-1-3-5-13/h1-5,12,19H,6-11H2,(H3,15,16)/p+2/t12-/m0/s1. The summed E-state index contributed by atoms with van der Waals surface area (Å²) in [7, 11) is 0. The van der Waals surface area contributed by atoms with Crippen molar-refractivity contribution in [1.29, 1.82) is 0 Å². The highest BCUT2D eigenvalue weighted by atomic mass is 16.5. The van der Waals surface area contributed by atoms with Gasteiger partial charge in [0.05, 0.1) is 0 Å². The molecule has 0 radical (unpaired) electrons. The van der Waals surface area contributed by atoms with Gasteiger partial charge in [-0.3, -0.25) is 16.0 Å². The second kappa shape index (κ2) is 7.12. The highest BCUT2D eigenvalue weighted by molar-refractivity contribution is 5.70. The zero-order chi connectivity index (χ0) is 14.4. The first-order valence-electron chi connectivity index (χ1n) is 6.97. The molecule has 1 heterocycles. The van der Waals surface area contributed by atoms with Crippen molar-refractivity contribution in [3.8, 4) is 5.75 Å². The topological polar surface area (TPSA) is 89.0 Å². The summed E-state index contributed by atoms with van der Waals surface area (Å²) in [5, 5.41) is 10.0. The fraction of sp³-hybridized carbons (Fsp3) is 0.500. The third kappa shape index (κ3) is 4.40. The number of nitrogens with two attached hydrogens (primary N) is 2. The van der Waals surface area contributed by atoms with Crippen molar-refractivity contribution in [1.82, 2.24) is 0 Å². The Labute approximate surface area is 119 Å². The quantitative estimate of drug-likeness (QED) is 0.358. The van der Waals surface area contributed by atoms with Crippen molar-refractivity contribution in [2.24, 2.45) is 11.5 Å². The van der Waals surface area contributed by atoms with Crippen molar-refractivity contribution in [2.45, 2.75) is 6.10 Å². The molecule has 0 spiro atoms. The maximum absolute atomic E-state index is 10.0. The molecule has 0 bridgehead atoms. The van der Waals surface area contributed by atoms with Crippen molar-refractivity contribution in [2.75, 3.05) is 39.3 Å². The number of aliphatic hydroxyl groups is 1. The van der Waals surface area contributed by atoms with Gasteiger partial charge in [0.1, 0.15) is 51.2 Å². The summed E-state index contributed by atoms with van der Waals surface area (Å²) in [6, 6.07) is 9.54. The normalized spacial score (nSPS) is 20.4.